The number of ether oxygens (including phenoxy) is 2. The second-order valence-corrected chi connectivity index (χ2v) is 8.30. The number of unbranched alkanes of at least 4 members (excludes halogenated alkanes) is 1. The van der Waals surface area contributed by atoms with Gasteiger partial charge >= 0.3 is 11.9 Å². The van der Waals surface area contributed by atoms with Crippen LogP contribution in [0.1, 0.15) is 91.9 Å². The Morgan fingerprint density at radius 3 is 1.96 bits per heavy atom. The molecule has 1 fully saturated rings. The minimum Gasteiger partial charge on any atom is -0.465 e. The number of carbonyl (C=O) groups excluding carboxylic acids is 2. The van der Waals surface area contributed by atoms with E-state index < -0.39 is 0 Å². The molecule has 0 bridgehead atoms. The molecule has 1 unspecified atom stereocenters. The van der Waals surface area contributed by atoms with Gasteiger partial charge in [-0.2, -0.15) is 0 Å². The van der Waals surface area contributed by atoms with E-state index in [0.29, 0.717) is 25.0 Å². The van der Waals surface area contributed by atoms with Crippen molar-refractivity contribution < 1.29 is 19.1 Å². The Kier molecular flexibility index (Phi) is 11.6. The van der Waals surface area contributed by atoms with Crippen LogP contribution in [0.4, 0.5) is 0 Å². The van der Waals surface area contributed by atoms with Gasteiger partial charge in [0.2, 0.25) is 0 Å². The molecular formula is C22H40O4. The summed E-state index contributed by atoms with van der Waals surface area (Å²) >= 11 is 0. The maximum Gasteiger partial charge on any atom is 0.308 e. The van der Waals surface area contributed by atoms with Crippen LogP contribution in [0.5, 0.6) is 0 Å². The zero-order valence-corrected chi connectivity index (χ0v) is 17.4. The number of esters is 2. The van der Waals surface area contributed by atoms with Gasteiger partial charge in [-0.1, -0.05) is 47.0 Å². The van der Waals surface area contributed by atoms with Crippen LogP contribution in [0.2, 0.25) is 0 Å². The Labute approximate surface area is 160 Å². The van der Waals surface area contributed by atoms with E-state index in [9.17, 15) is 9.59 Å². The lowest BCUT2D eigenvalue weighted by molar-refractivity contribution is -0.156. The first-order valence-corrected chi connectivity index (χ1v) is 10.8. The number of carbonyl (C=O) groups is 2. The van der Waals surface area contributed by atoms with E-state index in [1.165, 1.54) is 12.8 Å². The summed E-state index contributed by atoms with van der Waals surface area (Å²) in [7, 11) is 0. The standard InChI is InChI=1S/C22H40O4/c1-5-7-10-18(6-2)16-26-22(24)20-13-11-19(12-14-20)21(23)25-15-8-9-17(3)4/h17-20H,5-16H2,1-4H3. The molecule has 1 atom stereocenters. The van der Waals surface area contributed by atoms with Crippen molar-refractivity contribution in [2.75, 3.05) is 13.2 Å². The van der Waals surface area contributed by atoms with Crippen LogP contribution in [0, 0.1) is 23.7 Å². The van der Waals surface area contributed by atoms with Crippen molar-refractivity contribution in [2.24, 2.45) is 23.7 Å². The summed E-state index contributed by atoms with van der Waals surface area (Å²) in [5.74, 6) is 0.907. The van der Waals surface area contributed by atoms with Gasteiger partial charge in [0.05, 0.1) is 25.0 Å². The Hall–Kier alpha value is -1.06. The van der Waals surface area contributed by atoms with Gasteiger partial charge in [-0.25, -0.2) is 0 Å². The molecule has 0 aromatic rings. The Morgan fingerprint density at radius 2 is 1.46 bits per heavy atom. The molecule has 1 rings (SSSR count). The molecule has 0 aliphatic heterocycles. The molecule has 0 aromatic carbocycles. The quantitative estimate of drug-likeness (QED) is 0.335. The fourth-order valence-electron chi connectivity index (χ4n) is 3.56. The van der Waals surface area contributed by atoms with Crippen LogP contribution in [0.3, 0.4) is 0 Å². The summed E-state index contributed by atoms with van der Waals surface area (Å²) < 4.78 is 11.0. The van der Waals surface area contributed by atoms with Crippen LogP contribution in [-0.4, -0.2) is 25.2 Å². The third kappa shape index (κ3) is 9.05. The molecule has 0 spiro atoms. The van der Waals surface area contributed by atoms with Crippen LogP contribution in [-0.2, 0) is 19.1 Å². The predicted molar refractivity (Wildman–Crippen MR) is 105 cm³/mol. The minimum absolute atomic E-state index is 0.0361. The molecule has 4 nitrogen and oxygen atoms in total. The van der Waals surface area contributed by atoms with Crippen molar-refractivity contribution in [3.63, 3.8) is 0 Å². The highest BCUT2D eigenvalue weighted by atomic mass is 16.5. The highest BCUT2D eigenvalue weighted by Gasteiger charge is 2.31. The van der Waals surface area contributed by atoms with E-state index >= 15 is 0 Å². The predicted octanol–water partition coefficient (Wildman–Crippen LogP) is 5.53. The summed E-state index contributed by atoms with van der Waals surface area (Å²) in [6.07, 6.45) is 9.57. The first kappa shape index (κ1) is 23.0. The van der Waals surface area contributed by atoms with E-state index in [1.54, 1.807) is 0 Å². The van der Waals surface area contributed by atoms with Crippen LogP contribution >= 0.6 is 0 Å². The maximum absolute atomic E-state index is 12.3. The maximum atomic E-state index is 12.3. The number of hydrogen-bond donors (Lipinski definition) is 0. The number of rotatable bonds is 12. The average molecular weight is 369 g/mol. The summed E-state index contributed by atoms with van der Waals surface area (Å²) in [5.41, 5.74) is 0. The SMILES string of the molecule is CCCCC(CC)COC(=O)C1CCC(C(=O)OCCCC(C)C)CC1. The van der Waals surface area contributed by atoms with Crippen LogP contribution < -0.4 is 0 Å². The van der Waals surface area contributed by atoms with Gasteiger partial charge in [0, 0.05) is 0 Å². The largest absolute Gasteiger partial charge is 0.465 e. The molecule has 0 N–H and O–H groups in total. The molecule has 1 aliphatic carbocycles. The molecule has 0 aromatic heterocycles. The first-order valence-electron chi connectivity index (χ1n) is 10.8. The Bertz CT molecular complexity index is 397. The van der Waals surface area contributed by atoms with E-state index in [0.717, 1.165) is 51.4 Å². The van der Waals surface area contributed by atoms with Gasteiger partial charge in [0.25, 0.3) is 0 Å². The highest BCUT2D eigenvalue weighted by Crippen LogP contribution is 2.30. The van der Waals surface area contributed by atoms with E-state index in [2.05, 4.69) is 27.7 Å². The van der Waals surface area contributed by atoms with E-state index in [4.69, 9.17) is 9.47 Å². The molecule has 152 valence electrons. The molecule has 0 amide bonds. The second kappa shape index (κ2) is 13.2. The van der Waals surface area contributed by atoms with Crippen molar-refractivity contribution in [3.8, 4) is 0 Å². The molecule has 1 saturated carbocycles. The molecule has 0 radical (unpaired) electrons. The minimum atomic E-state index is -0.0776. The summed E-state index contributed by atoms with van der Waals surface area (Å²) in [5, 5.41) is 0. The van der Waals surface area contributed by atoms with Crippen LogP contribution in [0.25, 0.3) is 0 Å². The summed E-state index contributed by atoms with van der Waals surface area (Å²) in [6.45, 7) is 9.77. The Balaban J connectivity index is 2.23. The topological polar surface area (TPSA) is 52.6 Å². The molecule has 0 saturated heterocycles. The van der Waals surface area contributed by atoms with Gasteiger partial charge in [0.15, 0.2) is 0 Å². The van der Waals surface area contributed by atoms with Crippen molar-refractivity contribution in [1.29, 1.82) is 0 Å². The molecular weight excluding hydrogens is 328 g/mol. The lowest BCUT2D eigenvalue weighted by atomic mass is 9.82. The fourth-order valence-corrected chi connectivity index (χ4v) is 3.56. The van der Waals surface area contributed by atoms with Gasteiger partial charge in [-0.3, -0.25) is 9.59 Å². The smallest absolute Gasteiger partial charge is 0.308 e. The first-order chi connectivity index (χ1) is 12.5. The van der Waals surface area contributed by atoms with Crippen molar-refractivity contribution in [2.45, 2.75) is 91.9 Å². The van der Waals surface area contributed by atoms with E-state index in [-0.39, 0.29) is 23.8 Å². The molecule has 1 aliphatic rings. The molecule has 0 heterocycles. The monoisotopic (exact) mass is 368 g/mol. The van der Waals surface area contributed by atoms with Gasteiger partial charge in [-0.15, -0.1) is 0 Å². The van der Waals surface area contributed by atoms with Crippen molar-refractivity contribution in [1.82, 2.24) is 0 Å². The lowest BCUT2D eigenvalue weighted by Crippen LogP contribution is -2.29. The second-order valence-electron chi connectivity index (χ2n) is 8.30. The third-order valence-electron chi connectivity index (χ3n) is 5.57. The molecule has 4 heteroatoms. The number of hydrogen-bond acceptors (Lipinski definition) is 4. The van der Waals surface area contributed by atoms with Gasteiger partial charge < -0.3 is 9.47 Å². The average Bonchev–Trinajstić information content (AvgIpc) is 2.65. The van der Waals surface area contributed by atoms with Gasteiger partial charge in [0.1, 0.15) is 0 Å². The normalized spacial score (nSPS) is 21.4. The molecule has 26 heavy (non-hydrogen) atoms. The van der Waals surface area contributed by atoms with E-state index in [1.807, 2.05) is 0 Å². The van der Waals surface area contributed by atoms with Crippen LogP contribution in [0.15, 0.2) is 0 Å². The highest BCUT2D eigenvalue weighted by molar-refractivity contribution is 5.75. The fraction of sp³-hybridized carbons (Fsp3) is 0.909. The van der Waals surface area contributed by atoms with Crippen molar-refractivity contribution >= 4 is 11.9 Å². The zero-order valence-electron chi connectivity index (χ0n) is 17.4. The Morgan fingerprint density at radius 1 is 0.885 bits per heavy atom. The summed E-state index contributed by atoms with van der Waals surface area (Å²) in [6, 6.07) is 0. The zero-order chi connectivity index (χ0) is 19.4. The third-order valence-corrected chi connectivity index (χ3v) is 5.57. The summed E-state index contributed by atoms with van der Waals surface area (Å²) in [4.78, 5) is 24.4. The lowest BCUT2D eigenvalue weighted by Gasteiger charge is -2.26. The van der Waals surface area contributed by atoms with Gasteiger partial charge in [-0.05, 0) is 56.8 Å². The van der Waals surface area contributed by atoms with Crippen molar-refractivity contribution in [3.05, 3.63) is 0 Å².